The number of allylic oxidation sites excluding steroid dienone is 1. The largest absolute Gasteiger partial charge is 0.550 e. The van der Waals surface area contributed by atoms with Gasteiger partial charge in [0.15, 0.2) is 18.7 Å². The van der Waals surface area contributed by atoms with E-state index in [1.165, 1.54) is 19.4 Å². The van der Waals surface area contributed by atoms with Gasteiger partial charge >= 0.3 is 5.97 Å². The maximum absolute atomic E-state index is 12.5. The molecule has 0 saturated carbocycles. The molecule has 0 amide bonds. The van der Waals surface area contributed by atoms with Gasteiger partial charge in [-0.2, -0.15) is 0 Å². The molecule has 4 N–H and O–H groups in total. The van der Waals surface area contributed by atoms with Gasteiger partial charge in [0.05, 0.1) is 31.5 Å². The van der Waals surface area contributed by atoms with Crippen molar-refractivity contribution in [2.24, 2.45) is 11.8 Å². The number of carbonyl (C=O) groups excluding carboxylic acids is 2. The quantitative estimate of drug-likeness (QED) is 0.142. The lowest BCUT2D eigenvalue weighted by Gasteiger charge is -2.42. The molecule has 0 bridgehead atoms. The molecular weight excluding hydrogens is 502 g/mol. The first-order valence-corrected chi connectivity index (χ1v) is 12.1. The molecule has 1 fully saturated rings. The van der Waals surface area contributed by atoms with Crippen LogP contribution in [0.4, 0.5) is 0 Å². The lowest BCUT2D eigenvalue weighted by molar-refractivity contribution is -0.697. The molecule has 3 rings (SSSR count). The average molecular weight is 536 g/mol. The Morgan fingerprint density at radius 3 is 2.63 bits per heavy atom. The zero-order valence-electron chi connectivity index (χ0n) is 20.9. The molecule has 1 aromatic rings. The summed E-state index contributed by atoms with van der Waals surface area (Å²) in [5.41, 5.74) is 0.950. The third-order valence-electron chi connectivity index (χ3n) is 6.40. The fourth-order valence-electron chi connectivity index (χ4n) is 4.31. The van der Waals surface area contributed by atoms with Crippen LogP contribution in [0.15, 0.2) is 55.1 Å². The summed E-state index contributed by atoms with van der Waals surface area (Å²) in [6.45, 7) is 3.68. The Morgan fingerprint density at radius 2 is 1.97 bits per heavy atom. The molecule has 2 aliphatic rings. The van der Waals surface area contributed by atoms with E-state index in [2.05, 4.69) is 6.58 Å². The van der Waals surface area contributed by atoms with Crippen LogP contribution >= 0.6 is 0 Å². The van der Waals surface area contributed by atoms with Crippen LogP contribution in [0.1, 0.15) is 18.4 Å². The van der Waals surface area contributed by atoms with Crippen molar-refractivity contribution in [2.45, 2.75) is 56.4 Å². The highest BCUT2D eigenvalue weighted by molar-refractivity contribution is 5.89. The molecule has 2 aliphatic heterocycles. The number of aliphatic hydroxyl groups excluding tert-OH is 4. The van der Waals surface area contributed by atoms with Gasteiger partial charge in [0.25, 0.3) is 0 Å². The fourth-order valence-corrected chi connectivity index (χ4v) is 4.31. The second kappa shape index (κ2) is 13.6. The molecular formula is C26H33NO11. The summed E-state index contributed by atoms with van der Waals surface area (Å²) in [6, 6.07) is 3.63. The number of ether oxygens (including phenoxy) is 4. The Balaban J connectivity index is 1.82. The van der Waals surface area contributed by atoms with Gasteiger partial charge in [-0.05, 0) is 12.5 Å². The van der Waals surface area contributed by atoms with Gasteiger partial charge in [0.1, 0.15) is 31.0 Å². The SMILES string of the molecule is C=CC1C(OC2OC(CO)C(O)C(O)C2O)OC=C(C(=O)OC)C1C=Cc1ccc[n+](CCCC(=O)[O-])c1. The topological polar surface area (TPSA) is 179 Å². The number of aliphatic hydroxyl groups is 4. The molecule has 8 unspecified atom stereocenters. The Morgan fingerprint density at radius 1 is 1.21 bits per heavy atom. The maximum Gasteiger partial charge on any atom is 0.337 e. The summed E-state index contributed by atoms with van der Waals surface area (Å²) in [6.07, 6.45) is 1.59. The van der Waals surface area contributed by atoms with Gasteiger partial charge in [-0.15, -0.1) is 6.58 Å². The first kappa shape index (κ1) is 29.4. The number of carboxylic acids is 1. The van der Waals surface area contributed by atoms with Crippen LogP contribution in [0, 0.1) is 11.8 Å². The number of nitrogens with zero attached hydrogens (tertiary/aromatic N) is 1. The summed E-state index contributed by atoms with van der Waals surface area (Å²) in [5.74, 6) is -3.07. The number of aliphatic carboxylic acids is 1. The molecule has 0 aromatic carbocycles. The summed E-state index contributed by atoms with van der Waals surface area (Å²) < 4.78 is 23.6. The number of hydrogen-bond donors (Lipinski definition) is 4. The summed E-state index contributed by atoms with van der Waals surface area (Å²) in [7, 11) is 1.23. The van der Waals surface area contributed by atoms with E-state index < -0.39 is 67.4 Å². The lowest BCUT2D eigenvalue weighted by Crippen LogP contribution is -2.60. The molecule has 0 aliphatic carbocycles. The van der Waals surface area contributed by atoms with E-state index in [-0.39, 0.29) is 12.0 Å². The van der Waals surface area contributed by atoms with Crippen molar-refractivity contribution >= 4 is 18.0 Å². The Hall–Kier alpha value is -3.13. The summed E-state index contributed by atoms with van der Waals surface area (Å²) in [4.78, 5) is 23.2. The molecule has 0 spiro atoms. The number of rotatable bonds is 11. The van der Waals surface area contributed by atoms with E-state index in [1.54, 1.807) is 24.4 Å². The molecule has 1 aromatic heterocycles. The van der Waals surface area contributed by atoms with Gasteiger partial charge in [0.2, 0.25) is 6.29 Å². The predicted molar refractivity (Wildman–Crippen MR) is 127 cm³/mol. The van der Waals surface area contributed by atoms with Crippen molar-refractivity contribution in [1.29, 1.82) is 0 Å². The molecule has 3 heterocycles. The van der Waals surface area contributed by atoms with Crippen molar-refractivity contribution in [3.05, 3.63) is 60.7 Å². The third kappa shape index (κ3) is 7.04. The number of hydrogen-bond acceptors (Lipinski definition) is 11. The molecule has 38 heavy (non-hydrogen) atoms. The zero-order chi connectivity index (χ0) is 27.8. The smallest absolute Gasteiger partial charge is 0.337 e. The number of methoxy groups -OCH3 is 1. The zero-order valence-corrected chi connectivity index (χ0v) is 20.9. The van der Waals surface area contributed by atoms with E-state index in [0.29, 0.717) is 13.0 Å². The van der Waals surface area contributed by atoms with Crippen LogP contribution in [0.5, 0.6) is 0 Å². The van der Waals surface area contributed by atoms with Gasteiger partial charge in [0, 0.05) is 29.9 Å². The van der Waals surface area contributed by atoms with Crippen molar-refractivity contribution in [3.8, 4) is 0 Å². The van der Waals surface area contributed by atoms with Gasteiger partial charge in [-0.1, -0.05) is 18.2 Å². The Kier molecular flexibility index (Phi) is 10.5. The molecule has 12 nitrogen and oxygen atoms in total. The number of aryl methyl sites for hydroxylation is 1. The highest BCUT2D eigenvalue weighted by Gasteiger charge is 2.47. The first-order chi connectivity index (χ1) is 18.2. The number of esters is 1. The number of carbonyl (C=O) groups is 2. The van der Waals surface area contributed by atoms with Crippen LogP contribution in [0.2, 0.25) is 0 Å². The Labute approximate surface area is 219 Å². The average Bonchev–Trinajstić information content (AvgIpc) is 2.91. The fraction of sp³-hybridized carbons (Fsp3) is 0.500. The maximum atomic E-state index is 12.5. The lowest BCUT2D eigenvalue weighted by atomic mass is 9.83. The Bertz CT molecular complexity index is 1040. The first-order valence-electron chi connectivity index (χ1n) is 12.1. The molecule has 0 radical (unpaired) electrons. The summed E-state index contributed by atoms with van der Waals surface area (Å²) >= 11 is 0. The van der Waals surface area contributed by atoms with Crippen LogP contribution in [-0.2, 0) is 35.1 Å². The van der Waals surface area contributed by atoms with E-state index in [1.807, 2.05) is 16.8 Å². The highest BCUT2D eigenvalue weighted by atomic mass is 16.8. The predicted octanol–water partition coefficient (Wildman–Crippen LogP) is -1.83. The minimum absolute atomic E-state index is 0.0563. The second-order valence-electron chi connectivity index (χ2n) is 8.95. The van der Waals surface area contributed by atoms with Crippen molar-refractivity contribution in [2.75, 3.05) is 13.7 Å². The number of carboxylic acid groups (broad SMARTS) is 1. The number of aromatic nitrogens is 1. The van der Waals surface area contributed by atoms with Crippen molar-refractivity contribution in [1.82, 2.24) is 0 Å². The van der Waals surface area contributed by atoms with Crippen molar-refractivity contribution in [3.63, 3.8) is 0 Å². The van der Waals surface area contributed by atoms with Gasteiger partial charge < -0.3 is 49.3 Å². The van der Waals surface area contributed by atoms with Gasteiger partial charge in [-0.25, -0.2) is 9.36 Å². The van der Waals surface area contributed by atoms with Crippen LogP contribution in [-0.4, -0.2) is 83.1 Å². The number of pyridine rings is 1. The van der Waals surface area contributed by atoms with Gasteiger partial charge in [-0.3, -0.25) is 0 Å². The highest BCUT2D eigenvalue weighted by Crippen LogP contribution is 2.36. The monoisotopic (exact) mass is 535 g/mol. The van der Waals surface area contributed by atoms with Crippen LogP contribution in [0.3, 0.4) is 0 Å². The van der Waals surface area contributed by atoms with E-state index in [9.17, 15) is 35.1 Å². The standard InChI is InChI=1S/C26H33NO11/c1-3-16-17(9-8-15-6-4-10-27(12-15)11-5-7-20(29)30)18(24(34)35-2)14-36-25(16)38-26-23(33)22(32)21(31)19(13-28)37-26/h3-4,6,8-10,12,14,16-17,19,21-23,25-26,28,31-33H,1,5,7,11,13H2,2H3. The molecule has 8 atom stereocenters. The summed E-state index contributed by atoms with van der Waals surface area (Å²) in [5, 5.41) is 50.6. The van der Waals surface area contributed by atoms with Crippen LogP contribution < -0.4 is 9.67 Å². The van der Waals surface area contributed by atoms with E-state index >= 15 is 0 Å². The van der Waals surface area contributed by atoms with E-state index in [4.69, 9.17) is 18.9 Å². The second-order valence-corrected chi connectivity index (χ2v) is 8.95. The molecule has 208 valence electrons. The third-order valence-corrected chi connectivity index (χ3v) is 6.40. The van der Waals surface area contributed by atoms with E-state index in [0.717, 1.165) is 5.56 Å². The van der Waals surface area contributed by atoms with Crippen molar-refractivity contribution < 1.29 is 58.6 Å². The normalized spacial score (nSPS) is 31.3. The van der Waals surface area contributed by atoms with Crippen LogP contribution in [0.25, 0.3) is 6.08 Å². The minimum atomic E-state index is -1.64. The molecule has 1 saturated heterocycles. The molecule has 12 heteroatoms. The minimum Gasteiger partial charge on any atom is -0.550 e.